The van der Waals surface area contributed by atoms with Crippen LogP contribution >= 0.6 is 0 Å². The van der Waals surface area contributed by atoms with Crippen LogP contribution in [-0.2, 0) is 10.0 Å². The Hall–Kier alpha value is -3.06. The van der Waals surface area contributed by atoms with Gasteiger partial charge >= 0.3 is 6.18 Å². The van der Waals surface area contributed by atoms with E-state index in [-0.39, 0.29) is 17.9 Å². The lowest BCUT2D eigenvalue weighted by Gasteiger charge is -2.26. The molecular formula is C22H26F3N7O2S. The van der Waals surface area contributed by atoms with Gasteiger partial charge in [0.15, 0.2) is 0 Å². The molecule has 3 aromatic rings. The molecule has 4 N–H and O–H groups in total. The van der Waals surface area contributed by atoms with Crippen LogP contribution < -0.4 is 15.8 Å². The van der Waals surface area contributed by atoms with E-state index in [9.17, 15) is 21.6 Å². The van der Waals surface area contributed by atoms with E-state index in [1.54, 1.807) is 12.3 Å². The predicted molar refractivity (Wildman–Crippen MR) is 127 cm³/mol. The van der Waals surface area contributed by atoms with Gasteiger partial charge in [0.25, 0.3) is 0 Å². The monoisotopic (exact) mass is 509 g/mol. The summed E-state index contributed by atoms with van der Waals surface area (Å²) < 4.78 is 62.8. The van der Waals surface area contributed by atoms with E-state index in [4.69, 9.17) is 5.73 Å². The quantitative estimate of drug-likeness (QED) is 0.438. The summed E-state index contributed by atoms with van der Waals surface area (Å²) in [4.78, 5) is 17.6. The smallest absolute Gasteiger partial charge is 0.351 e. The van der Waals surface area contributed by atoms with E-state index in [0.717, 1.165) is 31.2 Å². The van der Waals surface area contributed by atoms with Crippen molar-refractivity contribution in [3.63, 3.8) is 0 Å². The van der Waals surface area contributed by atoms with Crippen LogP contribution in [0, 0.1) is 6.92 Å². The molecule has 13 heteroatoms. The summed E-state index contributed by atoms with van der Waals surface area (Å²) in [5, 5.41) is 3.38. The van der Waals surface area contributed by atoms with Crippen molar-refractivity contribution < 1.29 is 21.6 Å². The number of fused-ring (bicyclic) bond motifs is 1. The van der Waals surface area contributed by atoms with Gasteiger partial charge < -0.3 is 11.1 Å². The third-order valence-corrected chi connectivity index (χ3v) is 7.08. The molecule has 0 radical (unpaired) electrons. The van der Waals surface area contributed by atoms with Crippen molar-refractivity contribution in [3.05, 3.63) is 36.2 Å². The average Bonchev–Trinajstić information content (AvgIpc) is 2.79. The van der Waals surface area contributed by atoms with Gasteiger partial charge in [0.2, 0.25) is 16.0 Å². The van der Waals surface area contributed by atoms with Crippen molar-refractivity contribution in [2.24, 2.45) is 5.73 Å². The second-order valence-corrected chi connectivity index (χ2v) is 10.6. The fourth-order valence-corrected chi connectivity index (χ4v) is 4.95. The molecule has 1 saturated carbocycles. The SMILES string of the molecule is Cc1cc(-c2ccc(NS(=O)(=O)CCC(F)(F)F)nc2)nc2cnc(N[C@H]3CC[C@H](N)CC3)nc12. The Balaban J connectivity index is 1.47. The molecule has 188 valence electrons. The van der Waals surface area contributed by atoms with E-state index in [0.29, 0.717) is 28.2 Å². The van der Waals surface area contributed by atoms with Crippen LogP contribution in [0.25, 0.3) is 22.3 Å². The van der Waals surface area contributed by atoms with Gasteiger partial charge in [-0.2, -0.15) is 13.2 Å². The van der Waals surface area contributed by atoms with Gasteiger partial charge in [0.1, 0.15) is 11.3 Å². The molecule has 0 unspecified atom stereocenters. The van der Waals surface area contributed by atoms with Crippen molar-refractivity contribution in [2.45, 2.75) is 57.3 Å². The number of sulfonamides is 1. The molecule has 35 heavy (non-hydrogen) atoms. The van der Waals surface area contributed by atoms with Gasteiger partial charge in [-0.1, -0.05) is 0 Å². The topological polar surface area (TPSA) is 136 Å². The maximum absolute atomic E-state index is 12.3. The van der Waals surface area contributed by atoms with Crippen molar-refractivity contribution in [3.8, 4) is 11.3 Å². The number of halogens is 3. The minimum absolute atomic E-state index is 0.0730. The highest BCUT2D eigenvalue weighted by Crippen LogP contribution is 2.26. The van der Waals surface area contributed by atoms with Gasteiger partial charge in [0, 0.05) is 23.8 Å². The Kier molecular flexibility index (Phi) is 7.08. The number of rotatable bonds is 7. The molecule has 1 fully saturated rings. The van der Waals surface area contributed by atoms with E-state index >= 15 is 0 Å². The Morgan fingerprint density at radius 2 is 1.83 bits per heavy atom. The highest BCUT2D eigenvalue weighted by atomic mass is 32.2. The van der Waals surface area contributed by atoms with E-state index in [1.807, 2.05) is 13.0 Å². The first-order valence-electron chi connectivity index (χ1n) is 11.2. The van der Waals surface area contributed by atoms with E-state index < -0.39 is 28.4 Å². The summed E-state index contributed by atoms with van der Waals surface area (Å²) in [6.45, 7) is 1.90. The molecule has 0 amide bonds. The molecular weight excluding hydrogens is 483 g/mol. The number of anilines is 2. The zero-order valence-electron chi connectivity index (χ0n) is 19.0. The van der Waals surface area contributed by atoms with Crippen LogP contribution in [0.2, 0.25) is 0 Å². The average molecular weight is 510 g/mol. The summed E-state index contributed by atoms with van der Waals surface area (Å²) in [6, 6.07) is 5.35. The third kappa shape index (κ3) is 6.75. The van der Waals surface area contributed by atoms with Crippen LogP contribution in [0.1, 0.15) is 37.7 Å². The zero-order valence-corrected chi connectivity index (χ0v) is 19.8. The standard InChI is InChI=1S/C22H26F3N7O2S/c1-13-10-17(14-2-7-19(27-11-14)32-35(33,34)9-8-22(23,24)25)30-18-12-28-21(31-20(13)18)29-16-5-3-15(26)4-6-16/h2,7,10-12,15-16H,3-6,8-9,26H2,1H3,(H,27,32)(H,28,29,31)/t15-,16-. The molecule has 0 atom stereocenters. The molecule has 0 aromatic carbocycles. The molecule has 9 nitrogen and oxygen atoms in total. The Morgan fingerprint density at radius 1 is 1.09 bits per heavy atom. The molecule has 0 saturated heterocycles. The number of alkyl halides is 3. The second-order valence-electron chi connectivity index (χ2n) is 8.73. The molecule has 0 aliphatic heterocycles. The Bertz CT molecular complexity index is 1290. The number of hydrogen-bond acceptors (Lipinski definition) is 8. The van der Waals surface area contributed by atoms with Gasteiger partial charge in [-0.3, -0.25) is 4.72 Å². The van der Waals surface area contributed by atoms with Gasteiger partial charge in [-0.15, -0.1) is 0 Å². The maximum Gasteiger partial charge on any atom is 0.390 e. The van der Waals surface area contributed by atoms with Crippen molar-refractivity contribution in [2.75, 3.05) is 15.8 Å². The third-order valence-electron chi connectivity index (χ3n) is 5.82. The number of aryl methyl sites for hydroxylation is 1. The number of aromatic nitrogens is 4. The molecule has 1 aliphatic carbocycles. The second kappa shape index (κ2) is 9.90. The largest absolute Gasteiger partial charge is 0.390 e. The number of nitrogens with two attached hydrogens (primary N) is 1. The fourth-order valence-electron chi connectivity index (χ4n) is 3.91. The molecule has 0 bridgehead atoms. The molecule has 4 rings (SSSR count). The van der Waals surface area contributed by atoms with E-state index in [2.05, 4.69) is 30.0 Å². The molecule has 1 aliphatic rings. The van der Waals surface area contributed by atoms with Crippen molar-refractivity contribution >= 4 is 32.8 Å². The maximum atomic E-state index is 12.3. The number of hydrogen-bond donors (Lipinski definition) is 3. The van der Waals surface area contributed by atoms with Crippen LogP contribution in [0.3, 0.4) is 0 Å². The first-order valence-corrected chi connectivity index (χ1v) is 12.8. The summed E-state index contributed by atoms with van der Waals surface area (Å²) in [5.74, 6) is -0.605. The highest BCUT2D eigenvalue weighted by molar-refractivity contribution is 7.92. The van der Waals surface area contributed by atoms with Crippen LogP contribution in [0.4, 0.5) is 24.9 Å². The lowest BCUT2D eigenvalue weighted by atomic mass is 9.92. The van der Waals surface area contributed by atoms with Crippen LogP contribution in [0.5, 0.6) is 0 Å². The van der Waals surface area contributed by atoms with Crippen molar-refractivity contribution in [1.82, 2.24) is 19.9 Å². The summed E-state index contributed by atoms with van der Waals surface area (Å²) in [7, 11) is -4.18. The molecule has 3 aromatic heterocycles. The minimum Gasteiger partial charge on any atom is -0.351 e. The van der Waals surface area contributed by atoms with E-state index in [1.165, 1.54) is 12.3 Å². The molecule has 0 spiro atoms. The van der Waals surface area contributed by atoms with Crippen LogP contribution in [0.15, 0.2) is 30.6 Å². The normalized spacial score (nSPS) is 19.0. The Labute approximate surface area is 200 Å². The van der Waals surface area contributed by atoms with Gasteiger partial charge in [0.05, 0.1) is 29.6 Å². The van der Waals surface area contributed by atoms with Gasteiger partial charge in [-0.05, 0) is 56.4 Å². The molecule has 3 heterocycles. The highest BCUT2D eigenvalue weighted by Gasteiger charge is 2.30. The lowest BCUT2D eigenvalue weighted by molar-refractivity contribution is -0.129. The zero-order chi connectivity index (χ0) is 25.2. The van der Waals surface area contributed by atoms with Crippen LogP contribution in [-0.4, -0.2) is 52.4 Å². The summed E-state index contributed by atoms with van der Waals surface area (Å²) >= 11 is 0. The number of nitrogens with one attached hydrogen (secondary N) is 2. The number of pyridine rings is 2. The minimum atomic E-state index is -4.56. The Morgan fingerprint density at radius 3 is 2.49 bits per heavy atom. The summed E-state index contributed by atoms with van der Waals surface area (Å²) in [5.41, 5.74) is 9.33. The lowest BCUT2D eigenvalue weighted by Crippen LogP contribution is -2.33. The van der Waals surface area contributed by atoms with Gasteiger partial charge in [-0.25, -0.2) is 28.4 Å². The predicted octanol–water partition coefficient (Wildman–Crippen LogP) is 3.77. The summed E-state index contributed by atoms with van der Waals surface area (Å²) in [6.07, 6.45) is 0.936. The van der Waals surface area contributed by atoms with Crippen molar-refractivity contribution in [1.29, 1.82) is 0 Å². The number of nitrogens with zero attached hydrogens (tertiary/aromatic N) is 4. The fraction of sp³-hybridized carbons (Fsp3) is 0.455. The first kappa shape index (κ1) is 25.0. The first-order chi connectivity index (χ1) is 16.5.